The van der Waals surface area contributed by atoms with Crippen molar-refractivity contribution in [1.29, 1.82) is 0 Å². The van der Waals surface area contributed by atoms with Gasteiger partial charge in [-0.3, -0.25) is 13.9 Å². The van der Waals surface area contributed by atoms with Crippen LogP contribution < -0.4 is 14.4 Å². The summed E-state index contributed by atoms with van der Waals surface area (Å²) in [5, 5.41) is 3.79. The molecule has 0 aliphatic rings. The Morgan fingerprint density at radius 3 is 2.32 bits per heavy atom. The zero-order chi connectivity index (χ0) is 27.8. The Morgan fingerprint density at radius 1 is 1.05 bits per heavy atom. The van der Waals surface area contributed by atoms with Gasteiger partial charge in [0.1, 0.15) is 18.3 Å². The van der Waals surface area contributed by atoms with Crippen molar-refractivity contribution in [2.75, 3.05) is 30.8 Å². The molecule has 2 rings (SSSR count). The van der Waals surface area contributed by atoms with Gasteiger partial charge in [0.2, 0.25) is 21.8 Å². The summed E-state index contributed by atoms with van der Waals surface area (Å²) in [6, 6.07) is 8.54. The number of amides is 2. The molecule has 37 heavy (non-hydrogen) atoms. The second-order valence-electron chi connectivity index (χ2n) is 8.42. The van der Waals surface area contributed by atoms with Gasteiger partial charge in [0.25, 0.3) is 0 Å². The number of unbranched alkanes of at least 4 members (excludes halogenated alkanes) is 1. The maximum Gasteiger partial charge on any atom is 0.244 e. The minimum Gasteiger partial charge on any atom is -0.495 e. The number of nitrogens with zero attached hydrogens (tertiary/aromatic N) is 2. The predicted molar refractivity (Wildman–Crippen MR) is 149 cm³/mol. The van der Waals surface area contributed by atoms with Crippen molar-refractivity contribution in [3.8, 4) is 5.75 Å². The Bertz CT molecular complexity index is 1210. The normalized spacial score (nSPS) is 12.1. The Balaban J connectivity index is 2.50. The van der Waals surface area contributed by atoms with Crippen LogP contribution in [0.3, 0.4) is 0 Å². The molecule has 2 aromatic rings. The van der Waals surface area contributed by atoms with Crippen molar-refractivity contribution in [3.05, 3.63) is 57.0 Å². The van der Waals surface area contributed by atoms with Crippen LogP contribution >= 0.6 is 34.8 Å². The fourth-order valence-corrected chi connectivity index (χ4v) is 5.05. The summed E-state index contributed by atoms with van der Waals surface area (Å²) in [5.74, 6) is -0.686. The third kappa shape index (κ3) is 8.67. The second kappa shape index (κ2) is 14.1. The number of methoxy groups -OCH3 is 1. The number of anilines is 1. The van der Waals surface area contributed by atoms with Gasteiger partial charge in [-0.25, -0.2) is 8.42 Å². The molecular weight excluding hydrogens is 561 g/mol. The van der Waals surface area contributed by atoms with Crippen molar-refractivity contribution in [2.45, 2.75) is 45.7 Å². The van der Waals surface area contributed by atoms with Gasteiger partial charge >= 0.3 is 0 Å². The van der Waals surface area contributed by atoms with Crippen LogP contribution in [-0.2, 0) is 26.2 Å². The molecule has 0 fully saturated rings. The summed E-state index contributed by atoms with van der Waals surface area (Å²) < 4.78 is 31.8. The van der Waals surface area contributed by atoms with Gasteiger partial charge in [-0.1, -0.05) is 61.1 Å². The first-order valence-electron chi connectivity index (χ1n) is 11.7. The Morgan fingerprint density at radius 2 is 1.76 bits per heavy atom. The number of halogens is 3. The minimum absolute atomic E-state index is 0.0136. The van der Waals surface area contributed by atoms with E-state index in [1.807, 2.05) is 6.92 Å². The SMILES string of the molecule is CCCCNC(=O)[C@H](CC)N(Cc1ccc(Cl)c(Cl)c1)C(=O)CN(c1cc(Cl)ccc1OC)S(C)(=O)=O. The number of nitrogens with one attached hydrogen (secondary N) is 1. The number of carbonyl (C=O) groups excluding carboxylic acids is 2. The molecular formula is C25H32Cl3N3O5S. The molecule has 0 saturated heterocycles. The number of carbonyl (C=O) groups is 2. The van der Waals surface area contributed by atoms with Gasteiger partial charge < -0.3 is 15.0 Å². The minimum atomic E-state index is -3.94. The van der Waals surface area contributed by atoms with Crippen LogP contribution in [0.1, 0.15) is 38.7 Å². The lowest BCUT2D eigenvalue weighted by Crippen LogP contribution is -2.52. The molecule has 1 N–H and O–H groups in total. The highest BCUT2D eigenvalue weighted by Gasteiger charge is 2.32. The average molecular weight is 593 g/mol. The highest BCUT2D eigenvalue weighted by molar-refractivity contribution is 7.92. The summed E-state index contributed by atoms with van der Waals surface area (Å²) in [5.41, 5.74) is 0.745. The molecule has 12 heteroatoms. The van der Waals surface area contributed by atoms with E-state index in [9.17, 15) is 18.0 Å². The molecule has 0 heterocycles. The van der Waals surface area contributed by atoms with E-state index in [1.54, 1.807) is 31.2 Å². The molecule has 8 nitrogen and oxygen atoms in total. The van der Waals surface area contributed by atoms with E-state index >= 15 is 0 Å². The van der Waals surface area contributed by atoms with Gasteiger partial charge in [0, 0.05) is 18.1 Å². The molecule has 0 saturated carbocycles. The lowest BCUT2D eigenvalue weighted by Gasteiger charge is -2.33. The fourth-order valence-electron chi connectivity index (χ4n) is 3.71. The average Bonchev–Trinajstić information content (AvgIpc) is 2.83. The molecule has 0 spiro atoms. The largest absolute Gasteiger partial charge is 0.495 e. The zero-order valence-corrected chi connectivity index (χ0v) is 24.3. The number of hydrogen-bond acceptors (Lipinski definition) is 5. The monoisotopic (exact) mass is 591 g/mol. The Labute approximate surface area is 233 Å². The number of hydrogen-bond donors (Lipinski definition) is 1. The van der Waals surface area contributed by atoms with Crippen molar-refractivity contribution in [3.63, 3.8) is 0 Å². The highest BCUT2D eigenvalue weighted by Crippen LogP contribution is 2.33. The standard InChI is InChI=1S/C25H32Cl3N3O5S/c1-5-7-12-29-25(33)21(6-2)30(15-17-8-10-19(27)20(28)13-17)24(32)16-31(37(4,34)35)22-14-18(26)9-11-23(22)36-3/h8-11,13-14,21H,5-7,12,15-16H2,1-4H3,(H,29,33)/t21-/m0/s1. The molecule has 0 radical (unpaired) electrons. The first-order chi connectivity index (χ1) is 17.4. The fraction of sp³-hybridized carbons (Fsp3) is 0.440. The maximum absolute atomic E-state index is 13.8. The van der Waals surface area contributed by atoms with Crippen molar-refractivity contribution in [2.24, 2.45) is 0 Å². The molecule has 0 unspecified atom stereocenters. The third-order valence-electron chi connectivity index (χ3n) is 5.64. The van der Waals surface area contributed by atoms with Gasteiger partial charge in [-0.2, -0.15) is 0 Å². The number of sulfonamides is 1. The molecule has 2 aromatic carbocycles. The first kappa shape index (κ1) is 31.0. The molecule has 2 amide bonds. The number of rotatable bonds is 13. The van der Waals surface area contributed by atoms with E-state index in [2.05, 4.69) is 5.32 Å². The maximum atomic E-state index is 13.8. The second-order valence-corrected chi connectivity index (χ2v) is 11.6. The predicted octanol–water partition coefficient (Wildman–Crippen LogP) is 5.15. The molecule has 0 bridgehead atoms. The van der Waals surface area contributed by atoms with Gasteiger partial charge in [0.05, 0.1) is 29.1 Å². The van der Waals surface area contributed by atoms with Crippen LogP contribution in [-0.4, -0.2) is 57.6 Å². The van der Waals surface area contributed by atoms with Crippen LogP contribution in [0.15, 0.2) is 36.4 Å². The molecule has 0 aromatic heterocycles. The van der Waals surface area contributed by atoms with Crippen LogP contribution in [0.5, 0.6) is 5.75 Å². The highest BCUT2D eigenvalue weighted by atomic mass is 35.5. The van der Waals surface area contributed by atoms with Gasteiger partial charge in [-0.15, -0.1) is 0 Å². The van der Waals surface area contributed by atoms with Crippen LogP contribution in [0.2, 0.25) is 15.1 Å². The topological polar surface area (TPSA) is 96.0 Å². The lowest BCUT2D eigenvalue weighted by atomic mass is 10.1. The summed E-state index contributed by atoms with van der Waals surface area (Å²) in [4.78, 5) is 28.2. The smallest absolute Gasteiger partial charge is 0.244 e. The zero-order valence-electron chi connectivity index (χ0n) is 21.3. The van der Waals surface area contributed by atoms with E-state index in [0.29, 0.717) is 28.6 Å². The Kier molecular flexibility index (Phi) is 11.8. The Hall–Kier alpha value is -2.20. The lowest BCUT2D eigenvalue weighted by molar-refractivity contribution is -0.140. The van der Waals surface area contributed by atoms with Crippen LogP contribution in [0.25, 0.3) is 0 Å². The molecule has 0 aliphatic heterocycles. The number of ether oxygens (including phenoxy) is 1. The molecule has 204 valence electrons. The summed E-state index contributed by atoms with van der Waals surface area (Å²) >= 11 is 18.4. The van der Waals surface area contributed by atoms with E-state index in [-0.39, 0.29) is 28.9 Å². The van der Waals surface area contributed by atoms with E-state index in [4.69, 9.17) is 39.5 Å². The summed E-state index contributed by atoms with van der Waals surface area (Å²) in [6.07, 6.45) is 2.98. The molecule has 0 aliphatic carbocycles. The summed E-state index contributed by atoms with van der Waals surface area (Å²) in [7, 11) is -2.56. The molecule has 1 atom stereocenters. The van der Waals surface area contributed by atoms with E-state index in [1.165, 1.54) is 24.1 Å². The third-order valence-corrected chi connectivity index (χ3v) is 7.74. The first-order valence-corrected chi connectivity index (χ1v) is 14.7. The number of benzene rings is 2. The van der Waals surface area contributed by atoms with Crippen molar-refractivity contribution < 1.29 is 22.7 Å². The van der Waals surface area contributed by atoms with E-state index < -0.39 is 28.5 Å². The van der Waals surface area contributed by atoms with Gasteiger partial charge in [0.15, 0.2) is 0 Å². The van der Waals surface area contributed by atoms with E-state index in [0.717, 1.165) is 23.4 Å². The summed E-state index contributed by atoms with van der Waals surface area (Å²) in [6.45, 7) is 3.70. The van der Waals surface area contributed by atoms with Crippen molar-refractivity contribution >= 4 is 62.3 Å². The van der Waals surface area contributed by atoms with Crippen LogP contribution in [0, 0.1) is 0 Å². The van der Waals surface area contributed by atoms with Crippen molar-refractivity contribution in [1.82, 2.24) is 10.2 Å². The quantitative estimate of drug-likeness (QED) is 0.325. The van der Waals surface area contributed by atoms with Crippen LogP contribution in [0.4, 0.5) is 5.69 Å². The van der Waals surface area contributed by atoms with Gasteiger partial charge in [-0.05, 0) is 48.7 Å².